The van der Waals surface area contributed by atoms with Gasteiger partial charge in [-0.15, -0.1) is 11.8 Å². The summed E-state index contributed by atoms with van der Waals surface area (Å²) in [5, 5.41) is 9.78. The largest absolute Gasteiger partial charge is 0.507 e. The third-order valence-electron chi connectivity index (χ3n) is 3.09. The maximum atomic E-state index is 9.78. The fourth-order valence-electron chi connectivity index (χ4n) is 1.91. The lowest BCUT2D eigenvalue weighted by Crippen LogP contribution is -1.95. The van der Waals surface area contributed by atoms with Crippen molar-refractivity contribution in [1.29, 1.82) is 0 Å². The molecule has 0 aromatic heterocycles. The average Bonchev–Trinajstić information content (AvgIpc) is 2.47. The van der Waals surface area contributed by atoms with Gasteiger partial charge < -0.3 is 14.6 Å². The number of thioether (sulfide) groups is 1. The lowest BCUT2D eigenvalue weighted by molar-refractivity contribution is 0.354. The molecule has 0 fully saturated rings. The molecule has 0 aliphatic carbocycles. The highest BCUT2D eigenvalue weighted by atomic mass is 32.2. The summed E-state index contributed by atoms with van der Waals surface area (Å²) in [6.07, 6.45) is 0. The number of benzene rings is 2. The van der Waals surface area contributed by atoms with Gasteiger partial charge in [0.15, 0.2) is 11.5 Å². The molecule has 0 saturated carbocycles. The standard InChI is InChI=1S/C16H18O3S/c1-11-8-14(18-2)15(19-3)9-12(11)10-20-16-7-5-4-6-13(16)17/h4-9,17H,10H2,1-3H3. The second-order valence-corrected chi connectivity index (χ2v) is 5.41. The molecule has 0 radical (unpaired) electrons. The summed E-state index contributed by atoms with van der Waals surface area (Å²) < 4.78 is 10.6. The molecule has 0 heterocycles. The number of hydrogen-bond donors (Lipinski definition) is 1. The molecular weight excluding hydrogens is 272 g/mol. The van der Waals surface area contributed by atoms with Crippen LogP contribution in [0.5, 0.6) is 17.2 Å². The molecule has 0 unspecified atom stereocenters. The lowest BCUT2D eigenvalue weighted by Gasteiger charge is -2.13. The highest BCUT2D eigenvalue weighted by Crippen LogP contribution is 2.35. The fraction of sp³-hybridized carbons (Fsp3) is 0.250. The first kappa shape index (κ1) is 14.6. The van der Waals surface area contributed by atoms with Crippen LogP contribution in [0.2, 0.25) is 0 Å². The Hall–Kier alpha value is -1.81. The minimum atomic E-state index is 0.315. The van der Waals surface area contributed by atoms with E-state index in [0.717, 1.165) is 33.3 Å². The van der Waals surface area contributed by atoms with Crippen LogP contribution in [0.3, 0.4) is 0 Å². The third-order valence-corrected chi connectivity index (χ3v) is 4.20. The second kappa shape index (κ2) is 6.57. The van der Waals surface area contributed by atoms with Gasteiger partial charge >= 0.3 is 0 Å². The summed E-state index contributed by atoms with van der Waals surface area (Å²) in [7, 11) is 3.26. The highest BCUT2D eigenvalue weighted by Gasteiger charge is 2.09. The van der Waals surface area contributed by atoms with E-state index in [0.29, 0.717) is 5.75 Å². The zero-order chi connectivity index (χ0) is 14.5. The van der Waals surface area contributed by atoms with E-state index in [1.165, 1.54) is 0 Å². The van der Waals surface area contributed by atoms with Gasteiger partial charge in [-0.2, -0.15) is 0 Å². The maximum Gasteiger partial charge on any atom is 0.161 e. The molecule has 0 spiro atoms. The Morgan fingerprint density at radius 3 is 2.35 bits per heavy atom. The first-order chi connectivity index (χ1) is 9.65. The quantitative estimate of drug-likeness (QED) is 0.844. The van der Waals surface area contributed by atoms with Crippen molar-refractivity contribution in [1.82, 2.24) is 0 Å². The van der Waals surface area contributed by atoms with Crippen molar-refractivity contribution in [2.24, 2.45) is 0 Å². The van der Waals surface area contributed by atoms with Gasteiger partial charge in [0.25, 0.3) is 0 Å². The van der Waals surface area contributed by atoms with Crippen molar-refractivity contribution in [2.45, 2.75) is 17.6 Å². The van der Waals surface area contributed by atoms with E-state index >= 15 is 0 Å². The van der Waals surface area contributed by atoms with Gasteiger partial charge in [-0.25, -0.2) is 0 Å². The van der Waals surface area contributed by atoms with Gasteiger partial charge in [-0.3, -0.25) is 0 Å². The Bertz CT molecular complexity index is 596. The van der Waals surface area contributed by atoms with Gasteiger partial charge in [0.2, 0.25) is 0 Å². The predicted octanol–water partition coefficient (Wildman–Crippen LogP) is 4.01. The van der Waals surface area contributed by atoms with Crippen molar-refractivity contribution in [3.63, 3.8) is 0 Å². The number of aryl methyl sites for hydroxylation is 1. The molecule has 2 aromatic carbocycles. The number of para-hydroxylation sites is 1. The fourth-order valence-corrected chi connectivity index (χ4v) is 2.93. The molecule has 4 heteroatoms. The van der Waals surface area contributed by atoms with Gasteiger partial charge in [-0.1, -0.05) is 12.1 Å². The molecule has 2 rings (SSSR count). The van der Waals surface area contributed by atoms with Gasteiger partial charge in [0.1, 0.15) is 5.75 Å². The van der Waals surface area contributed by atoms with E-state index in [1.54, 1.807) is 32.0 Å². The first-order valence-corrected chi connectivity index (χ1v) is 7.26. The zero-order valence-electron chi connectivity index (χ0n) is 11.8. The highest BCUT2D eigenvalue weighted by molar-refractivity contribution is 7.98. The van der Waals surface area contributed by atoms with E-state index in [1.807, 2.05) is 37.3 Å². The summed E-state index contributed by atoms with van der Waals surface area (Å²) in [5.41, 5.74) is 2.31. The van der Waals surface area contributed by atoms with E-state index in [-0.39, 0.29) is 0 Å². The van der Waals surface area contributed by atoms with Crippen LogP contribution >= 0.6 is 11.8 Å². The van der Waals surface area contributed by atoms with Crippen LogP contribution in [0.25, 0.3) is 0 Å². The number of hydrogen-bond acceptors (Lipinski definition) is 4. The summed E-state index contributed by atoms with van der Waals surface area (Å²) >= 11 is 1.60. The van der Waals surface area contributed by atoms with E-state index in [4.69, 9.17) is 9.47 Å². The van der Waals surface area contributed by atoms with Crippen molar-refractivity contribution in [2.75, 3.05) is 14.2 Å². The minimum absolute atomic E-state index is 0.315. The molecular formula is C16H18O3S. The monoisotopic (exact) mass is 290 g/mol. The third kappa shape index (κ3) is 3.20. The first-order valence-electron chi connectivity index (χ1n) is 6.28. The smallest absolute Gasteiger partial charge is 0.161 e. The summed E-state index contributed by atoms with van der Waals surface area (Å²) in [6.45, 7) is 2.04. The Morgan fingerprint density at radius 1 is 1.05 bits per heavy atom. The maximum absolute atomic E-state index is 9.78. The van der Waals surface area contributed by atoms with E-state index < -0.39 is 0 Å². The molecule has 0 aliphatic rings. The molecule has 3 nitrogen and oxygen atoms in total. The van der Waals surface area contributed by atoms with Gasteiger partial charge in [-0.05, 0) is 42.3 Å². The minimum Gasteiger partial charge on any atom is -0.507 e. The zero-order valence-corrected chi connectivity index (χ0v) is 12.7. The summed E-state index contributed by atoms with van der Waals surface area (Å²) in [5.74, 6) is 2.55. The van der Waals surface area contributed by atoms with Crippen LogP contribution < -0.4 is 9.47 Å². The van der Waals surface area contributed by atoms with Crippen LogP contribution in [0.15, 0.2) is 41.3 Å². The lowest BCUT2D eigenvalue weighted by atomic mass is 10.1. The summed E-state index contributed by atoms with van der Waals surface area (Å²) in [4.78, 5) is 0.877. The number of methoxy groups -OCH3 is 2. The number of rotatable bonds is 5. The van der Waals surface area contributed by atoms with Crippen LogP contribution in [-0.2, 0) is 5.75 Å². The molecule has 0 amide bonds. The van der Waals surface area contributed by atoms with Crippen molar-refractivity contribution >= 4 is 11.8 Å². The molecule has 106 valence electrons. The molecule has 2 aromatic rings. The molecule has 20 heavy (non-hydrogen) atoms. The second-order valence-electron chi connectivity index (χ2n) is 4.39. The van der Waals surface area contributed by atoms with Crippen LogP contribution in [0.1, 0.15) is 11.1 Å². The normalized spacial score (nSPS) is 10.3. The Balaban J connectivity index is 2.19. The molecule has 0 aliphatic heterocycles. The molecule has 0 atom stereocenters. The predicted molar refractivity (Wildman–Crippen MR) is 82.0 cm³/mol. The van der Waals surface area contributed by atoms with Gasteiger partial charge in [0.05, 0.1) is 14.2 Å². The molecule has 1 N–H and O–H groups in total. The van der Waals surface area contributed by atoms with Crippen LogP contribution in [0.4, 0.5) is 0 Å². The Kier molecular flexibility index (Phi) is 4.79. The van der Waals surface area contributed by atoms with Crippen LogP contribution in [-0.4, -0.2) is 19.3 Å². The van der Waals surface area contributed by atoms with E-state index in [2.05, 4.69) is 0 Å². The van der Waals surface area contributed by atoms with Gasteiger partial charge in [0, 0.05) is 10.6 Å². The molecule has 0 saturated heterocycles. The van der Waals surface area contributed by atoms with E-state index in [9.17, 15) is 5.11 Å². The topological polar surface area (TPSA) is 38.7 Å². The Labute approximate surface area is 123 Å². The summed E-state index contributed by atoms with van der Waals surface area (Å²) in [6, 6.07) is 11.3. The number of phenols is 1. The Morgan fingerprint density at radius 2 is 1.70 bits per heavy atom. The van der Waals surface area contributed by atoms with Crippen molar-refractivity contribution in [3.8, 4) is 17.2 Å². The van der Waals surface area contributed by atoms with Crippen LogP contribution in [0, 0.1) is 6.92 Å². The number of ether oxygens (including phenoxy) is 2. The van der Waals surface area contributed by atoms with Crippen molar-refractivity contribution in [3.05, 3.63) is 47.5 Å². The van der Waals surface area contributed by atoms with Crippen molar-refractivity contribution < 1.29 is 14.6 Å². The SMILES string of the molecule is COc1cc(C)c(CSc2ccccc2O)cc1OC. The number of aromatic hydroxyl groups is 1. The average molecular weight is 290 g/mol. The number of phenolic OH excluding ortho intramolecular Hbond substituents is 1. The molecule has 0 bridgehead atoms.